The molecule has 0 bridgehead atoms. The van der Waals surface area contributed by atoms with Crippen molar-refractivity contribution in [2.24, 2.45) is 0 Å². The highest BCUT2D eigenvalue weighted by Gasteiger charge is 2.14. The van der Waals surface area contributed by atoms with E-state index in [1.807, 2.05) is 42.5 Å². The molecular weight excluding hydrogens is 280 g/mol. The van der Waals surface area contributed by atoms with Gasteiger partial charge in [-0.25, -0.2) is 9.59 Å². The van der Waals surface area contributed by atoms with Crippen molar-refractivity contribution in [2.45, 2.75) is 6.92 Å². The minimum Gasteiger partial charge on any atom is -0.462 e. The number of carbonyl (C=O) groups excluding carboxylic acids is 1. The first kappa shape index (κ1) is 14.1. The summed E-state index contributed by atoms with van der Waals surface area (Å²) in [5, 5.41) is 0.683. The zero-order valence-corrected chi connectivity index (χ0v) is 12.0. The van der Waals surface area contributed by atoms with Gasteiger partial charge in [0.05, 0.1) is 6.61 Å². The van der Waals surface area contributed by atoms with Crippen LogP contribution in [-0.2, 0) is 4.74 Å². The molecule has 2 aromatic carbocycles. The summed E-state index contributed by atoms with van der Waals surface area (Å²) in [5.41, 5.74) is 1.65. The van der Waals surface area contributed by atoms with Crippen LogP contribution in [0, 0.1) is 0 Å². The Morgan fingerprint density at radius 3 is 2.55 bits per heavy atom. The molecule has 4 heteroatoms. The van der Waals surface area contributed by atoms with Crippen molar-refractivity contribution in [3.8, 4) is 11.1 Å². The molecule has 4 nitrogen and oxygen atoms in total. The molecule has 0 spiro atoms. The number of hydrogen-bond acceptors (Lipinski definition) is 4. The monoisotopic (exact) mass is 294 g/mol. The molecule has 0 aliphatic carbocycles. The van der Waals surface area contributed by atoms with E-state index in [4.69, 9.17) is 9.15 Å². The number of carbonyl (C=O) groups is 1. The molecule has 0 fully saturated rings. The van der Waals surface area contributed by atoms with Crippen LogP contribution in [0.15, 0.2) is 63.8 Å². The fourth-order valence-corrected chi connectivity index (χ4v) is 2.27. The van der Waals surface area contributed by atoms with Crippen molar-refractivity contribution < 1.29 is 13.9 Å². The summed E-state index contributed by atoms with van der Waals surface area (Å²) in [5.74, 6) is -0.662. The van der Waals surface area contributed by atoms with E-state index in [0.717, 1.165) is 11.1 Å². The second kappa shape index (κ2) is 5.85. The third-order valence-electron chi connectivity index (χ3n) is 3.34. The SMILES string of the molecule is CCOC(=O)c1cc2ccc(-c3ccccc3)cc2oc1=O. The highest BCUT2D eigenvalue weighted by atomic mass is 16.5. The van der Waals surface area contributed by atoms with E-state index in [-0.39, 0.29) is 12.2 Å². The van der Waals surface area contributed by atoms with Gasteiger partial charge in [0, 0.05) is 5.39 Å². The largest absolute Gasteiger partial charge is 0.462 e. The zero-order chi connectivity index (χ0) is 15.5. The quantitative estimate of drug-likeness (QED) is 0.546. The van der Waals surface area contributed by atoms with Gasteiger partial charge in [0.2, 0.25) is 0 Å². The maximum atomic E-state index is 11.9. The van der Waals surface area contributed by atoms with E-state index >= 15 is 0 Å². The van der Waals surface area contributed by atoms with Crippen molar-refractivity contribution in [2.75, 3.05) is 6.61 Å². The first-order valence-corrected chi connectivity index (χ1v) is 6.99. The molecule has 0 aliphatic rings. The van der Waals surface area contributed by atoms with Crippen LogP contribution in [0.1, 0.15) is 17.3 Å². The van der Waals surface area contributed by atoms with Gasteiger partial charge in [-0.05, 0) is 30.2 Å². The summed E-state index contributed by atoms with van der Waals surface area (Å²) >= 11 is 0. The Kier molecular flexibility index (Phi) is 3.74. The number of fused-ring (bicyclic) bond motifs is 1. The lowest BCUT2D eigenvalue weighted by molar-refractivity contribution is 0.0522. The highest BCUT2D eigenvalue weighted by Crippen LogP contribution is 2.24. The maximum Gasteiger partial charge on any atom is 0.351 e. The molecule has 0 saturated heterocycles. The fourth-order valence-electron chi connectivity index (χ4n) is 2.27. The smallest absolute Gasteiger partial charge is 0.351 e. The molecule has 0 N–H and O–H groups in total. The Labute approximate surface area is 127 Å². The standard InChI is InChI=1S/C18H14O4/c1-2-21-17(19)15-10-14-9-8-13(11-16(14)22-18(15)20)12-6-4-3-5-7-12/h3-11H,2H2,1H3. The van der Waals surface area contributed by atoms with E-state index < -0.39 is 11.6 Å². The summed E-state index contributed by atoms with van der Waals surface area (Å²) in [6.45, 7) is 1.90. The van der Waals surface area contributed by atoms with Crippen LogP contribution in [0.5, 0.6) is 0 Å². The van der Waals surface area contributed by atoms with Gasteiger partial charge in [0.1, 0.15) is 11.1 Å². The predicted molar refractivity (Wildman–Crippen MR) is 83.9 cm³/mol. The third kappa shape index (κ3) is 2.63. The van der Waals surface area contributed by atoms with Gasteiger partial charge in [0.15, 0.2) is 0 Å². The first-order chi connectivity index (χ1) is 10.7. The van der Waals surface area contributed by atoms with Crippen LogP contribution in [-0.4, -0.2) is 12.6 Å². The van der Waals surface area contributed by atoms with Gasteiger partial charge in [-0.3, -0.25) is 0 Å². The van der Waals surface area contributed by atoms with Crippen molar-refractivity contribution in [1.29, 1.82) is 0 Å². The average Bonchev–Trinajstić information content (AvgIpc) is 2.54. The lowest BCUT2D eigenvalue weighted by Gasteiger charge is -2.05. The van der Waals surface area contributed by atoms with E-state index in [9.17, 15) is 9.59 Å². The molecule has 3 aromatic rings. The Morgan fingerprint density at radius 2 is 1.82 bits per heavy atom. The number of esters is 1. The van der Waals surface area contributed by atoms with E-state index in [2.05, 4.69) is 0 Å². The van der Waals surface area contributed by atoms with E-state index in [0.29, 0.717) is 11.0 Å². The van der Waals surface area contributed by atoms with Crippen molar-refractivity contribution in [3.63, 3.8) is 0 Å². The topological polar surface area (TPSA) is 56.5 Å². The molecule has 22 heavy (non-hydrogen) atoms. The van der Waals surface area contributed by atoms with Crippen LogP contribution in [0.3, 0.4) is 0 Å². The van der Waals surface area contributed by atoms with Gasteiger partial charge in [-0.2, -0.15) is 0 Å². The molecular formula is C18H14O4. The zero-order valence-electron chi connectivity index (χ0n) is 12.0. The molecule has 1 aromatic heterocycles. The summed E-state index contributed by atoms with van der Waals surface area (Å²) < 4.78 is 10.1. The van der Waals surface area contributed by atoms with Gasteiger partial charge >= 0.3 is 11.6 Å². The van der Waals surface area contributed by atoms with Gasteiger partial charge in [-0.15, -0.1) is 0 Å². The Hall–Kier alpha value is -2.88. The normalized spacial score (nSPS) is 10.6. The summed E-state index contributed by atoms with van der Waals surface area (Å²) in [7, 11) is 0. The summed E-state index contributed by atoms with van der Waals surface area (Å²) in [6, 6.07) is 16.8. The minimum atomic E-state index is -0.684. The Bertz CT molecular complexity index is 878. The lowest BCUT2D eigenvalue weighted by atomic mass is 10.0. The van der Waals surface area contributed by atoms with E-state index in [1.165, 1.54) is 6.07 Å². The third-order valence-corrected chi connectivity index (χ3v) is 3.34. The Balaban J connectivity index is 2.10. The molecule has 0 unspecified atom stereocenters. The van der Waals surface area contributed by atoms with Crippen LogP contribution >= 0.6 is 0 Å². The average molecular weight is 294 g/mol. The van der Waals surface area contributed by atoms with Crippen LogP contribution in [0.2, 0.25) is 0 Å². The second-order valence-electron chi connectivity index (χ2n) is 4.79. The van der Waals surface area contributed by atoms with Gasteiger partial charge in [-0.1, -0.05) is 42.5 Å². The van der Waals surface area contributed by atoms with Gasteiger partial charge < -0.3 is 9.15 Å². The molecule has 0 amide bonds. The molecule has 0 aliphatic heterocycles. The maximum absolute atomic E-state index is 11.9. The molecule has 0 radical (unpaired) electrons. The van der Waals surface area contributed by atoms with Crippen molar-refractivity contribution >= 4 is 16.9 Å². The number of ether oxygens (including phenoxy) is 1. The van der Waals surface area contributed by atoms with Crippen molar-refractivity contribution in [1.82, 2.24) is 0 Å². The van der Waals surface area contributed by atoms with Crippen LogP contribution in [0.4, 0.5) is 0 Å². The number of rotatable bonds is 3. The first-order valence-electron chi connectivity index (χ1n) is 6.99. The molecule has 0 atom stereocenters. The lowest BCUT2D eigenvalue weighted by Crippen LogP contribution is -2.16. The number of benzene rings is 2. The predicted octanol–water partition coefficient (Wildman–Crippen LogP) is 3.64. The summed E-state index contributed by atoms with van der Waals surface area (Å²) in [6.07, 6.45) is 0. The number of hydrogen-bond donors (Lipinski definition) is 0. The summed E-state index contributed by atoms with van der Waals surface area (Å²) in [4.78, 5) is 23.6. The van der Waals surface area contributed by atoms with Gasteiger partial charge in [0.25, 0.3) is 0 Å². The van der Waals surface area contributed by atoms with Crippen LogP contribution < -0.4 is 5.63 Å². The fraction of sp³-hybridized carbons (Fsp3) is 0.111. The van der Waals surface area contributed by atoms with Crippen molar-refractivity contribution in [3.05, 3.63) is 70.6 Å². The van der Waals surface area contributed by atoms with E-state index in [1.54, 1.807) is 13.0 Å². The molecule has 3 rings (SSSR count). The molecule has 1 heterocycles. The Morgan fingerprint density at radius 1 is 1.05 bits per heavy atom. The highest BCUT2D eigenvalue weighted by molar-refractivity contribution is 5.93. The minimum absolute atomic E-state index is 0.0817. The van der Waals surface area contributed by atoms with Crippen LogP contribution in [0.25, 0.3) is 22.1 Å². The molecule has 110 valence electrons. The molecule has 0 saturated carbocycles. The second-order valence-corrected chi connectivity index (χ2v) is 4.79.